The third-order valence-corrected chi connectivity index (χ3v) is 5.38. The quantitative estimate of drug-likeness (QED) is 0.678. The zero-order valence-corrected chi connectivity index (χ0v) is 18.3. The zero-order chi connectivity index (χ0) is 21.0. The second kappa shape index (κ2) is 9.33. The molecule has 0 saturated heterocycles. The molecule has 2 heterocycles. The van der Waals surface area contributed by atoms with Gasteiger partial charge in [0.05, 0.1) is 12.2 Å². The lowest BCUT2D eigenvalue weighted by atomic mass is 10.1. The number of rotatable bonds is 8. The standard InChI is InChI=1S/C23H33N3O3/c1-6-25(14-19-15-28-21-9-7-8-10-22(21)29-19)23(27)12-11-20-17(4)24-26(18(20)5)13-16(2)3/h7-10,16,19H,6,11-15H2,1-5H3. The van der Waals surface area contributed by atoms with Crippen LogP contribution in [0.3, 0.4) is 0 Å². The Bertz CT molecular complexity index is 844. The van der Waals surface area contributed by atoms with E-state index in [-0.39, 0.29) is 12.0 Å². The van der Waals surface area contributed by atoms with E-state index < -0.39 is 0 Å². The van der Waals surface area contributed by atoms with Gasteiger partial charge in [-0.3, -0.25) is 9.48 Å². The van der Waals surface area contributed by atoms with Gasteiger partial charge >= 0.3 is 0 Å². The number of likely N-dealkylation sites (N-methyl/N-ethyl adjacent to an activating group) is 1. The molecule has 0 saturated carbocycles. The number of fused-ring (bicyclic) bond motifs is 1. The van der Waals surface area contributed by atoms with Crippen LogP contribution in [0.2, 0.25) is 0 Å². The first-order chi connectivity index (χ1) is 13.9. The summed E-state index contributed by atoms with van der Waals surface area (Å²) in [5.74, 6) is 2.20. The molecule has 1 amide bonds. The molecule has 0 spiro atoms. The Morgan fingerprint density at radius 2 is 2.00 bits per heavy atom. The van der Waals surface area contributed by atoms with Crippen molar-refractivity contribution in [1.82, 2.24) is 14.7 Å². The Kier molecular flexibility index (Phi) is 6.83. The van der Waals surface area contributed by atoms with Gasteiger partial charge in [-0.1, -0.05) is 26.0 Å². The monoisotopic (exact) mass is 399 g/mol. The molecule has 6 heteroatoms. The molecular formula is C23H33N3O3. The molecule has 3 rings (SSSR count). The number of aryl methyl sites for hydroxylation is 1. The lowest BCUT2D eigenvalue weighted by molar-refractivity contribution is -0.132. The first-order valence-electron chi connectivity index (χ1n) is 10.6. The van der Waals surface area contributed by atoms with E-state index in [0.717, 1.165) is 30.2 Å². The molecule has 2 aromatic rings. The summed E-state index contributed by atoms with van der Waals surface area (Å²) in [5.41, 5.74) is 3.40. The predicted molar refractivity (Wildman–Crippen MR) is 113 cm³/mol. The summed E-state index contributed by atoms with van der Waals surface area (Å²) in [6, 6.07) is 7.66. The van der Waals surface area contributed by atoms with Gasteiger partial charge in [-0.2, -0.15) is 5.10 Å². The van der Waals surface area contributed by atoms with Crippen LogP contribution < -0.4 is 9.47 Å². The summed E-state index contributed by atoms with van der Waals surface area (Å²) in [6.07, 6.45) is 1.05. The maximum absolute atomic E-state index is 12.9. The van der Waals surface area contributed by atoms with E-state index in [2.05, 4.69) is 30.6 Å². The third-order valence-electron chi connectivity index (χ3n) is 5.38. The van der Waals surface area contributed by atoms with Gasteiger partial charge in [0.2, 0.25) is 5.91 Å². The molecule has 1 aromatic heterocycles. The predicted octanol–water partition coefficient (Wildman–Crippen LogP) is 3.78. The molecular weight excluding hydrogens is 366 g/mol. The maximum atomic E-state index is 12.9. The summed E-state index contributed by atoms with van der Waals surface area (Å²) in [7, 11) is 0. The molecule has 0 aliphatic carbocycles. The fourth-order valence-corrected chi connectivity index (χ4v) is 3.82. The van der Waals surface area contributed by atoms with Crippen LogP contribution >= 0.6 is 0 Å². The Morgan fingerprint density at radius 3 is 2.69 bits per heavy atom. The Balaban J connectivity index is 1.58. The topological polar surface area (TPSA) is 56.6 Å². The van der Waals surface area contributed by atoms with Crippen molar-refractivity contribution in [3.05, 3.63) is 41.2 Å². The minimum atomic E-state index is -0.147. The first-order valence-corrected chi connectivity index (χ1v) is 10.6. The highest BCUT2D eigenvalue weighted by atomic mass is 16.6. The van der Waals surface area contributed by atoms with Crippen molar-refractivity contribution in [2.24, 2.45) is 5.92 Å². The summed E-state index contributed by atoms with van der Waals surface area (Å²) in [6.45, 7) is 13.1. The van der Waals surface area contributed by atoms with Crippen LogP contribution in [0.25, 0.3) is 0 Å². The zero-order valence-electron chi connectivity index (χ0n) is 18.3. The molecule has 0 fully saturated rings. The van der Waals surface area contributed by atoms with Gasteiger partial charge in [-0.15, -0.1) is 0 Å². The van der Waals surface area contributed by atoms with Gasteiger partial charge in [-0.25, -0.2) is 0 Å². The highest BCUT2D eigenvalue weighted by Crippen LogP contribution is 2.31. The highest BCUT2D eigenvalue weighted by Gasteiger charge is 2.25. The number of aromatic nitrogens is 2. The smallest absolute Gasteiger partial charge is 0.223 e. The van der Waals surface area contributed by atoms with Gasteiger partial charge in [-0.05, 0) is 50.8 Å². The average Bonchev–Trinajstić information content (AvgIpc) is 2.96. The number of hydrogen-bond acceptors (Lipinski definition) is 4. The van der Waals surface area contributed by atoms with Crippen LogP contribution in [0.4, 0.5) is 0 Å². The van der Waals surface area contributed by atoms with E-state index >= 15 is 0 Å². The number of benzene rings is 1. The normalized spacial score (nSPS) is 15.6. The molecule has 0 bridgehead atoms. The van der Waals surface area contributed by atoms with Crippen molar-refractivity contribution < 1.29 is 14.3 Å². The van der Waals surface area contributed by atoms with Gasteiger partial charge in [0.15, 0.2) is 17.6 Å². The summed E-state index contributed by atoms with van der Waals surface area (Å²) < 4.78 is 13.9. The Labute approximate surface area is 173 Å². The maximum Gasteiger partial charge on any atom is 0.223 e. The van der Waals surface area contributed by atoms with Crippen molar-refractivity contribution in [3.8, 4) is 11.5 Å². The second-order valence-electron chi connectivity index (χ2n) is 8.16. The van der Waals surface area contributed by atoms with Crippen molar-refractivity contribution in [2.75, 3.05) is 19.7 Å². The van der Waals surface area contributed by atoms with Crippen molar-refractivity contribution in [2.45, 2.75) is 60.1 Å². The largest absolute Gasteiger partial charge is 0.486 e. The lowest BCUT2D eigenvalue weighted by Gasteiger charge is -2.31. The summed E-state index contributed by atoms with van der Waals surface area (Å²) in [4.78, 5) is 14.7. The summed E-state index contributed by atoms with van der Waals surface area (Å²) in [5, 5.41) is 4.66. The minimum Gasteiger partial charge on any atom is -0.486 e. The first kappa shape index (κ1) is 21.2. The molecule has 1 aromatic carbocycles. The number of carbonyl (C=O) groups is 1. The number of para-hydroxylation sites is 2. The Morgan fingerprint density at radius 1 is 1.28 bits per heavy atom. The molecule has 1 unspecified atom stereocenters. The van der Waals surface area contributed by atoms with E-state index in [1.165, 1.54) is 11.3 Å². The average molecular weight is 400 g/mol. The molecule has 29 heavy (non-hydrogen) atoms. The fourth-order valence-electron chi connectivity index (χ4n) is 3.82. The third kappa shape index (κ3) is 5.11. The molecule has 0 N–H and O–H groups in total. The van der Waals surface area contributed by atoms with Crippen LogP contribution in [0.1, 0.15) is 44.1 Å². The number of carbonyl (C=O) groups excluding carboxylic acids is 1. The Hall–Kier alpha value is -2.50. The number of amides is 1. The van der Waals surface area contributed by atoms with E-state index in [1.54, 1.807) is 0 Å². The summed E-state index contributed by atoms with van der Waals surface area (Å²) >= 11 is 0. The van der Waals surface area contributed by atoms with E-state index in [4.69, 9.17) is 9.47 Å². The van der Waals surface area contributed by atoms with E-state index in [9.17, 15) is 4.79 Å². The fraction of sp³-hybridized carbons (Fsp3) is 0.565. The van der Waals surface area contributed by atoms with Crippen LogP contribution in [0, 0.1) is 19.8 Å². The molecule has 158 valence electrons. The van der Waals surface area contributed by atoms with Crippen molar-refractivity contribution in [3.63, 3.8) is 0 Å². The molecule has 1 atom stereocenters. The lowest BCUT2D eigenvalue weighted by Crippen LogP contribution is -2.43. The highest BCUT2D eigenvalue weighted by molar-refractivity contribution is 5.76. The molecule has 1 aliphatic heterocycles. The van der Waals surface area contributed by atoms with Crippen LogP contribution in [-0.2, 0) is 17.8 Å². The number of hydrogen-bond donors (Lipinski definition) is 0. The van der Waals surface area contributed by atoms with Crippen LogP contribution in [0.5, 0.6) is 11.5 Å². The molecule has 0 radical (unpaired) electrons. The second-order valence-corrected chi connectivity index (χ2v) is 8.16. The van der Waals surface area contributed by atoms with Crippen LogP contribution in [0.15, 0.2) is 24.3 Å². The molecule has 6 nitrogen and oxygen atoms in total. The van der Waals surface area contributed by atoms with Gasteiger partial charge in [0.25, 0.3) is 0 Å². The van der Waals surface area contributed by atoms with Crippen LogP contribution in [-0.4, -0.2) is 46.4 Å². The van der Waals surface area contributed by atoms with E-state index in [0.29, 0.717) is 32.0 Å². The van der Waals surface area contributed by atoms with Gasteiger partial charge < -0.3 is 14.4 Å². The van der Waals surface area contributed by atoms with Gasteiger partial charge in [0.1, 0.15) is 6.61 Å². The number of nitrogens with zero attached hydrogens (tertiary/aromatic N) is 3. The van der Waals surface area contributed by atoms with Gasteiger partial charge in [0, 0.05) is 25.2 Å². The van der Waals surface area contributed by atoms with Crippen molar-refractivity contribution in [1.29, 1.82) is 0 Å². The molecule has 1 aliphatic rings. The SMILES string of the molecule is CCN(CC1COc2ccccc2O1)C(=O)CCc1c(C)nn(CC(C)C)c1C. The number of ether oxygens (including phenoxy) is 2. The van der Waals surface area contributed by atoms with Crippen molar-refractivity contribution >= 4 is 5.91 Å². The van der Waals surface area contributed by atoms with E-state index in [1.807, 2.05) is 43.0 Å². The minimum absolute atomic E-state index is 0.144.